The standard InChI is InChI=1S/C24H14N4O2S/c25-12-16(13-27-22-7-3-4-10-26-22)23-28-20(14-31-23)19-11-18-17-6-2-1-5-15(17)8-9-21(18)30-24(19)29/h1-11,13-14H,(H,26,27)/b16-13+. The maximum absolute atomic E-state index is 12.6. The van der Waals surface area contributed by atoms with Crippen molar-refractivity contribution in [2.75, 3.05) is 5.32 Å². The van der Waals surface area contributed by atoms with Gasteiger partial charge >= 0.3 is 5.63 Å². The largest absolute Gasteiger partial charge is 0.422 e. The van der Waals surface area contributed by atoms with Crippen molar-refractivity contribution in [2.24, 2.45) is 0 Å². The highest BCUT2D eigenvalue weighted by atomic mass is 32.1. The molecule has 6 nitrogen and oxygen atoms in total. The second-order valence-electron chi connectivity index (χ2n) is 6.71. The number of hydrogen-bond acceptors (Lipinski definition) is 7. The molecule has 0 amide bonds. The van der Waals surface area contributed by atoms with Gasteiger partial charge < -0.3 is 9.73 Å². The molecule has 3 aromatic heterocycles. The minimum atomic E-state index is -0.464. The van der Waals surface area contributed by atoms with Crippen molar-refractivity contribution in [3.8, 4) is 17.3 Å². The molecule has 0 fully saturated rings. The quantitative estimate of drug-likeness (QED) is 0.235. The van der Waals surface area contributed by atoms with E-state index in [1.165, 1.54) is 11.3 Å². The molecule has 2 aromatic carbocycles. The fourth-order valence-electron chi connectivity index (χ4n) is 3.31. The Morgan fingerprint density at radius 3 is 2.81 bits per heavy atom. The predicted molar refractivity (Wildman–Crippen MR) is 123 cm³/mol. The smallest absolute Gasteiger partial charge is 0.345 e. The average molecular weight is 422 g/mol. The number of rotatable bonds is 4. The van der Waals surface area contributed by atoms with Crippen LogP contribution in [0.5, 0.6) is 0 Å². The van der Waals surface area contributed by atoms with E-state index in [0.29, 0.717) is 33.2 Å². The Balaban J connectivity index is 1.56. The first-order chi connectivity index (χ1) is 15.2. The summed E-state index contributed by atoms with van der Waals surface area (Å²) in [5, 5.41) is 17.7. The summed E-state index contributed by atoms with van der Waals surface area (Å²) in [6.07, 6.45) is 3.22. The van der Waals surface area contributed by atoms with E-state index in [-0.39, 0.29) is 0 Å². The van der Waals surface area contributed by atoms with E-state index in [2.05, 4.69) is 21.4 Å². The zero-order valence-electron chi connectivity index (χ0n) is 16.1. The van der Waals surface area contributed by atoms with Crippen molar-refractivity contribution in [3.05, 3.63) is 93.9 Å². The van der Waals surface area contributed by atoms with Crippen LogP contribution in [0.2, 0.25) is 0 Å². The SMILES string of the molecule is N#C/C(=C\Nc1ccccn1)c1nc(-c2cc3c(ccc4ccccc43)oc2=O)cs1. The molecule has 3 heterocycles. The molecular weight excluding hydrogens is 408 g/mol. The molecule has 5 aromatic rings. The number of benzene rings is 2. The first kappa shape index (κ1) is 18.7. The van der Waals surface area contributed by atoms with E-state index < -0.39 is 5.63 Å². The maximum Gasteiger partial charge on any atom is 0.345 e. The first-order valence-electron chi connectivity index (χ1n) is 9.42. The highest BCUT2D eigenvalue weighted by Crippen LogP contribution is 2.29. The van der Waals surface area contributed by atoms with E-state index >= 15 is 0 Å². The van der Waals surface area contributed by atoms with Gasteiger partial charge in [-0.25, -0.2) is 14.8 Å². The number of nitrogens with zero attached hydrogens (tertiary/aromatic N) is 3. The lowest BCUT2D eigenvalue weighted by Gasteiger charge is -2.04. The highest BCUT2D eigenvalue weighted by molar-refractivity contribution is 7.11. The van der Waals surface area contributed by atoms with Crippen molar-refractivity contribution in [3.63, 3.8) is 0 Å². The van der Waals surface area contributed by atoms with Crippen LogP contribution >= 0.6 is 11.3 Å². The first-order valence-corrected chi connectivity index (χ1v) is 10.3. The summed E-state index contributed by atoms with van der Waals surface area (Å²) >= 11 is 1.29. The van der Waals surface area contributed by atoms with Crippen LogP contribution in [0.4, 0.5) is 5.82 Å². The fraction of sp³-hybridized carbons (Fsp3) is 0. The molecule has 1 N–H and O–H groups in total. The van der Waals surface area contributed by atoms with Gasteiger partial charge in [0, 0.05) is 23.2 Å². The van der Waals surface area contributed by atoms with Crippen LogP contribution in [0.3, 0.4) is 0 Å². The van der Waals surface area contributed by atoms with Gasteiger partial charge in [0.2, 0.25) is 0 Å². The maximum atomic E-state index is 12.6. The van der Waals surface area contributed by atoms with Crippen LogP contribution in [-0.4, -0.2) is 9.97 Å². The van der Waals surface area contributed by atoms with Crippen molar-refractivity contribution in [1.29, 1.82) is 5.26 Å². The molecule has 0 spiro atoms. The molecular formula is C24H14N4O2S. The normalized spacial score (nSPS) is 11.5. The number of thiazole rings is 1. The summed E-state index contributed by atoms with van der Waals surface area (Å²) in [7, 11) is 0. The van der Waals surface area contributed by atoms with Gasteiger partial charge in [0.05, 0.1) is 11.3 Å². The zero-order valence-corrected chi connectivity index (χ0v) is 16.9. The van der Waals surface area contributed by atoms with Gasteiger partial charge in [-0.3, -0.25) is 0 Å². The monoisotopic (exact) mass is 422 g/mol. The minimum absolute atomic E-state index is 0.345. The summed E-state index contributed by atoms with van der Waals surface area (Å²) in [6, 6.07) is 21.1. The highest BCUT2D eigenvalue weighted by Gasteiger charge is 2.15. The average Bonchev–Trinajstić information content (AvgIpc) is 3.29. The van der Waals surface area contributed by atoms with E-state index in [1.54, 1.807) is 29.9 Å². The zero-order chi connectivity index (χ0) is 21.2. The van der Waals surface area contributed by atoms with E-state index in [4.69, 9.17) is 4.42 Å². The number of fused-ring (bicyclic) bond motifs is 3. The van der Waals surface area contributed by atoms with Crippen LogP contribution in [-0.2, 0) is 0 Å². The third kappa shape index (κ3) is 3.56. The lowest BCUT2D eigenvalue weighted by molar-refractivity contribution is 0.563. The molecule has 0 saturated heterocycles. The van der Waals surface area contributed by atoms with Gasteiger partial charge in [0.1, 0.15) is 28.1 Å². The van der Waals surface area contributed by atoms with Crippen LogP contribution in [0.15, 0.2) is 87.7 Å². The van der Waals surface area contributed by atoms with Gasteiger partial charge in [-0.15, -0.1) is 11.3 Å². The summed E-state index contributed by atoms with van der Waals surface area (Å²) in [5.41, 5.74) is 1.25. The number of aromatic nitrogens is 2. The summed E-state index contributed by atoms with van der Waals surface area (Å²) in [6.45, 7) is 0. The molecule has 0 radical (unpaired) electrons. The van der Waals surface area contributed by atoms with Crippen LogP contribution in [0.1, 0.15) is 5.01 Å². The Bertz CT molecular complexity index is 1550. The molecule has 0 aliphatic carbocycles. The van der Waals surface area contributed by atoms with E-state index in [0.717, 1.165) is 16.2 Å². The second-order valence-corrected chi connectivity index (χ2v) is 7.57. The molecule has 7 heteroatoms. The van der Waals surface area contributed by atoms with Crippen molar-refractivity contribution in [2.45, 2.75) is 0 Å². The minimum Gasteiger partial charge on any atom is -0.422 e. The number of nitrogens with one attached hydrogen (secondary N) is 1. The molecule has 0 aliphatic rings. The summed E-state index contributed by atoms with van der Waals surface area (Å²) in [4.78, 5) is 21.3. The van der Waals surface area contributed by atoms with Gasteiger partial charge in [0.25, 0.3) is 0 Å². The summed E-state index contributed by atoms with van der Waals surface area (Å²) < 4.78 is 5.57. The number of anilines is 1. The number of allylic oxidation sites excluding steroid dienone is 1. The number of hydrogen-bond donors (Lipinski definition) is 1. The van der Waals surface area contributed by atoms with Gasteiger partial charge in [-0.2, -0.15) is 5.26 Å². The Kier molecular flexibility index (Phi) is 4.75. The molecule has 148 valence electrons. The molecule has 0 saturated carbocycles. The molecule has 0 atom stereocenters. The lowest BCUT2D eigenvalue weighted by Crippen LogP contribution is -2.03. The lowest BCUT2D eigenvalue weighted by atomic mass is 10.0. The summed E-state index contributed by atoms with van der Waals surface area (Å²) in [5.74, 6) is 0.620. The van der Waals surface area contributed by atoms with Crippen LogP contribution in [0.25, 0.3) is 38.6 Å². The molecule has 0 unspecified atom stereocenters. The Labute approximate surface area is 180 Å². The van der Waals surface area contributed by atoms with Gasteiger partial charge in [-0.05, 0) is 35.0 Å². The molecule has 5 rings (SSSR count). The molecule has 0 bridgehead atoms. The molecule has 0 aliphatic heterocycles. The third-order valence-electron chi connectivity index (χ3n) is 4.80. The van der Waals surface area contributed by atoms with Crippen LogP contribution in [0, 0.1) is 11.3 Å². The van der Waals surface area contributed by atoms with Crippen molar-refractivity contribution >= 4 is 44.5 Å². The fourth-order valence-corrected chi connectivity index (χ4v) is 4.09. The predicted octanol–water partition coefficient (Wildman–Crippen LogP) is 5.44. The van der Waals surface area contributed by atoms with E-state index in [9.17, 15) is 10.1 Å². The van der Waals surface area contributed by atoms with Crippen molar-refractivity contribution < 1.29 is 4.42 Å². The topological polar surface area (TPSA) is 91.8 Å². The molecule has 31 heavy (non-hydrogen) atoms. The van der Waals surface area contributed by atoms with E-state index in [1.807, 2.05) is 48.5 Å². The van der Waals surface area contributed by atoms with Crippen molar-refractivity contribution in [1.82, 2.24) is 9.97 Å². The second kappa shape index (κ2) is 7.86. The van der Waals surface area contributed by atoms with Crippen LogP contribution < -0.4 is 10.9 Å². The Morgan fingerprint density at radius 2 is 1.97 bits per heavy atom. The Hall–Kier alpha value is -4.28. The van der Waals surface area contributed by atoms with Gasteiger partial charge in [-0.1, -0.05) is 36.4 Å². The third-order valence-corrected chi connectivity index (χ3v) is 5.68. The Morgan fingerprint density at radius 1 is 1.10 bits per heavy atom. The number of pyridine rings is 1. The van der Waals surface area contributed by atoms with Gasteiger partial charge in [0.15, 0.2) is 0 Å². The number of nitriles is 1.